The van der Waals surface area contributed by atoms with Gasteiger partial charge in [0.2, 0.25) is 0 Å². The topological polar surface area (TPSA) is 71.4 Å². The molecule has 58 valence electrons. The molecule has 4 heteroatoms. The molecule has 0 aliphatic rings. The summed E-state index contributed by atoms with van der Waals surface area (Å²) in [6.45, 7) is 3.48. The summed E-state index contributed by atoms with van der Waals surface area (Å²) in [5.41, 5.74) is 5.13. The van der Waals surface area contributed by atoms with Gasteiger partial charge in [0.15, 0.2) is 0 Å². The highest BCUT2D eigenvalue weighted by atomic mass is 16.5. The van der Waals surface area contributed by atoms with Crippen LogP contribution >= 0.6 is 0 Å². The molecule has 0 saturated heterocycles. The van der Waals surface area contributed by atoms with E-state index in [-0.39, 0.29) is 5.70 Å². The minimum Gasteiger partial charge on any atom is -0.497 e. The summed E-state index contributed by atoms with van der Waals surface area (Å²) < 4.78 is 4.69. The van der Waals surface area contributed by atoms with Crippen molar-refractivity contribution in [3.05, 3.63) is 24.1 Å². The van der Waals surface area contributed by atoms with Crippen molar-refractivity contribution in [2.75, 3.05) is 7.11 Å². The summed E-state index contributed by atoms with van der Waals surface area (Å²) in [7, 11) is 1.46. The molecule has 0 heterocycles. The fourth-order valence-corrected chi connectivity index (χ4v) is 0.390. The van der Waals surface area contributed by atoms with E-state index in [0.717, 1.165) is 6.34 Å². The van der Waals surface area contributed by atoms with Crippen molar-refractivity contribution in [2.45, 2.75) is 0 Å². The number of nitrogens with zero attached hydrogens (tertiary/aromatic N) is 2. The van der Waals surface area contributed by atoms with Crippen molar-refractivity contribution in [1.29, 1.82) is 5.26 Å². The van der Waals surface area contributed by atoms with Crippen molar-refractivity contribution in [3.63, 3.8) is 0 Å². The number of aliphatic imine (C=N–C) groups is 1. The number of nitriles is 1. The van der Waals surface area contributed by atoms with Crippen LogP contribution in [0.5, 0.6) is 0 Å². The third-order valence-electron chi connectivity index (χ3n) is 0.888. The monoisotopic (exact) mass is 151 g/mol. The lowest BCUT2D eigenvalue weighted by Gasteiger charge is -1.94. The Morgan fingerprint density at radius 1 is 1.82 bits per heavy atom. The van der Waals surface area contributed by atoms with Crippen LogP contribution < -0.4 is 5.73 Å². The first-order chi connectivity index (χ1) is 5.24. The molecule has 0 bridgehead atoms. The Labute approximate surface area is 65.3 Å². The zero-order valence-corrected chi connectivity index (χ0v) is 6.24. The molecule has 0 aromatic rings. The van der Waals surface area contributed by atoms with Gasteiger partial charge in [0.05, 0.1) is 13.4 Å². The summed E-state index contributed by atoms with van der Waals surface area (Å²) in [4.78, 5) is 3.54. The largest absolute Gasteiger partial charge is 0.497 e. The van der Waals surface area contributed by atoms with Crippen molar-refractivity contribution < 1.29 is 4.74 Å². The summed E-state index contributed by atoms with van der Waals surface area (Å²) in [5.74, 6) is 0.368. The van der Waals surface area contributed by atoms with E-state index in [1.807, 2.05) is 6.07 Å². The van der Waals surface area contributed by atoms with Crippen LogP contribution in [0.3, 0.4) is 0 Å². The average molecular weight is 151 g/mol. The molecule has 0 radical (unpaired) electrons. The predicted octanol–water partition coefficient (Wildman–Crippen LogP) is 0.541. The lowest BCUT2D eigenvalue weighted by atomic mass is 10.4. The average Bonchev–Trinajstić information content (AvgIpc) is 2.03. The summed E-state index contributed by atoms with van der Waals surface area (Å²) in [6.07, 6.45) is 2.43. The molecular formula is C7H9N3O. The molecule has 0 amide bonds. The second-order valence-electron chi connectivity index (χ2n) is 1.59. The van der Waals surface area contributed by atoms with Gasteiger partial charge in [0.1, 0.15) is 17.5 Å². The molecule has 2 N–H and O–H groups in total. The Morgan fingerprint density at radius 2 is 2.45 bits per heavy atom. The molecular weight excluding hydrogens is 142 g/mol. The van der Waals surface area contributed by atoms with Crippen molar-refractivity contribution in [2.24, 2.45) is 10.7 Å². The summed E-state index contributed by atoms with van der Waals surface area (Å²) in [6, 6.07) is 1.81. The van der Waals surface area contributed by atoms with E-state index in [0.29, 0.717) is 5.76 Å². The molecule has 0 aromatic heterocycles. The van der Waals surface area contributed by atoms with Crippen molar-refractivity contribution in [3.8, 4) is 6.07 Å². The van der Waals surface area contributed by atoms with Crippen LogP contribution in [-0.2, 0) is 4.74 Å². The fourth-order valence-electron chi connectivity index (χ4n) is 0.390. The van der Waals surface area contributed by atoms with Gasteiger partial charge in [-0.1, -0.05) is 6.58 Å². The normalized spacial score (nSPS) is 11.1. The van der Waals surface area contributed by atoms with Crippen LogP contribution in [0.15, 0.2) is 29.1 Å². The van der Waals surface area contributed by atoms with Gasteiger partial charge in [-0.05, 0) is 0 Å². The SMILES string of the molecule is C=C(/C=C(/C#N)N=CN)OC. The van der Waals surface area contributed by atoms with E-state index in [2.05, 4.69) is 11.6 Å². The molecule has 0 rings (SSSR count). The van der Waals surface area contributed by atoms with Gasteiger partial charge in [-0.25, -0.2) is 4.99 Å². The predicted molar refractivity (Wildman–Crippen MR) is 42.5 cm³/mol. The quantitative estimate of drug-likeness (QED) is 0.210. The molecule has 0 saturated carbocycles. The molecule has 11 heavy (non-hydrogen) atoms. The Kier molecular flexibility index (Phi) is 4.25. The van der Waals surface area contributed by atoms with Gasteiger partial charge in [-0.15, -0.1) is 0 Å². The third kappa shape index (κ3) is 3.76. The van der Waals surface area contributed by atoms with Crippen LogP contribution in [0.1, 0.15) is 0 Å². The second kappa shape index (κ2) is 5.06. The Bertz CT molecular complexity index is 235. The first-order valence-corrected chi connectivity index (χ1v) is 2.83. The van der Waals surface area contributed by atoms with E-state index in [4.69, 9.17) is 15.7 Å². The van der Waals surface area contributed by atoms with Crippen LogP contribution in [0.25, 0.3) is 0 Å². The van der Waals surface area contributed by atoms with Gasteiger partial charge in [0, 0.05) is 6.08 Å². The summed E-state index contributed by atoms with van der Waals surface area (Å²) >= 11 is 0. The molecule has 0 aliphatic heterocycles. The highest BCUT2D eigenvalue weighted by Crippen LogP contribution is 2.00. The van der Waals surface area contributed by atoms with E-state index in [1.54, 1.807) is 0 Å². The second-order valence-corrected chi connectivity index (χ2v) is 1.59. The summed E-state index contributed by atoms with van der Waals surface area (Å²) in [5, 5.41) is 8.42. The van der Waals surface area contributed by atoms with E-state index in [9.17, 15) is 0 Å². The zero-order valence-electron chi connectivity index (χ0n) is 6.24. The van der Waals surface area contributed by atoms with Gasteiger partial charge in [0.25, 0.3) is 0 Å². The maximum absolute atomic E-state index is 8.42. The Hall–Kier alpha value is -1.76. The van der Waals surface area contributed by atoms with Crippen molar-refractivity contribution >= 4 is 6.34 Å². The van der Waals surface area contributed by atoms with Gasteiger partial charge >= 0.3 is 0 Å². The Balaban J connectivity index is 4.38. The molecule has 0 aromatic carbocycles. The number of allylic oxidation sites excluding steroid dienone is 2. The minimum absolute atomic E-state index is 0.166. The number of hydrogen-bond acceptors (Lipinski definition) is 3. The number of methoxy groups -OCH3 is 1. The lowest BCUT2D eigenvalue weighted by Crippen LogP contribution is -1.89. The number of hydrogen-bond donors (Lipinski definition) is 1. The van der Waals surface area contributed by atoms with Crippen LogP contribution in [0.2, 0.25) is 0 Å². The lowest BCUT2D eigenvalue weighted by molar-refractivity contribution is 0.308. The van der Waals surface area contributed by atoms with Gasteiger partial charge < -0.3 is 10.5 Å². The maximum atomic E-state index is 8.42. The number of rotatable bonds is 3. The Morgan fingerprint density at radius 3 is 2.82 bits per heavy atom. The standard InChI is InChI=1S/C7H9N3O/c1-6(11-2)3-7(4-8)10-5-9/h3,5H,1H2,2H3,(H2,9,10)/b7-3-. The highest BCUT2D eigenvalue weighted by molar-refractivity contribution is 5.55. The van der Waals surface area contributed by atoms with Crippen LogP contribution in [-0.4, -0.2) is 13.4 Å². The van der Waals surface area contributed by atoms with Crippen LogP contribution in [0, 0.1) is 11.3 Å². The maximum Gasteiger partial charge on any atom is 0.145 e. The molecule has 0 unspecified atom stereocenters. The zero-order chi connectivity index (χ0) is 8.69. The van der Waals surface area contributed by atoms with Gasteiger partial charge in [-0.2, -0.15) is 5.26 Å². The smallest absolute Gasteiger partial charge is 0.145 e. The first kappa shape index (κ1) is 9.24. The fraction of sp³-hybridized carbons (Fsp3) is 0.143. The van der Waals surface area contributed by atoms with E-state index in [1.165, 1.54) is 13.2 Å². The van der Waals surface area contributed by atoms with E-state index >= 15 is 0 Å². The molecule has 0 spiro atoms. The highest BCUT2D eigenvalue weighted by Gasteiger charge is 1.91. The van der Waals surface area contributed by atoms with E-state index < -0.39 is 0 Å². The van der Waals surface area contributed by atoms with Crippen molar-refractivity contribution in [1.82, 2.24) is 0 Å². The molecule has 0 fully saturated rings. The molecule has 0 atom stereocenters. The number of nitrogens with two attached hydrogens (primary N) is 1. The number of ether oxygens (including phenoxy) is 1. The molecule has 4 nitrogen and oxygen atoms in total. The minimum atomic E-state index is 0.166. The molecule has 0 aliphatic carbocycles. The first-order valence-electron chi connectivity index (χ1n) is 2.83. The third-order valence-corrected chi connectivity index (χ3v) is 0.888. The van der Waals surface area contributed by atoms with Crippen LogP contribution in [0.4, 0.5) is 0 Å². The van der Waals surface area contributed by atoms with Gasteiger partial charge in [-0.3, -0.25) is 0 Å².